The zero-order chi connectivity index (χ0) is 19.9. The van der Waals surface area contributed by atoms with Crippen molar-refractivity contribution >= 4 is 36.0 Å². The molecule has 2 heterocycles. The van der Waals surface area contributed by atoms with Gasteiger partial charge in [-0.25, -0.2) is 4.79 Å². The Labute approximate surface area is 186 Å². The number of hydrogen-bond donors (Lipinski definition) is 1. The van der Waals surface area contributed by atoms with Crippen molar-refractivity contribution in [3.8, 4) is 0 Å². The van der Waals surface area contributed by atoms with Gasteiger partial charge in [-0.15, -0.1) is 24.0 Å². The highest BCUT2D eigenvalue weighted by Crippen LogP contribution is 2.21. The number of ether oxygens (including phenoxy) is 3. The second-order valence-electron chi connectivity index (χ2n) is 7.94. The number of aliphatic imine (C=N–C) groups is 1. The third-order valence-electron chi connectivity index (χ3n) is 4.68. The molecule has 0 saturated carbocycles. The van der Waals surface area contributed by atoms with Crippen molar-refractivity contribution in [2.45, 2.75) is 58.3 Å². The van der Waals surface area contributed by atoms with Gasteiger partial charge in [-0.2, -0.15) is 0 Å². The quantitative estimate of drug-likeness (QED) is 0.346. The van der Waals surface area contributed by atoms with Gasteiger partial charge in [0.15, 0.2) is 5.96 Å². The number of nitrogens with zero attached hydrogens (tertiary/aromatic N) is 3. The molecule has 9 heteroatoms. The van der Waals surface area contributed by atoms with Gasteiger partial charge in [0.25, 0.3) is 0 Å². The highest BCUT2D eigenvalue weighted by Gasteiger charge is 2.32. The number of carbonyl (C=O) groups is 1. The maximum Gasteiger partial charge on any atom is 0.410 e. The molecule has 0 radical (unpaired) electrons. The number of nitrogens with one attached hydrogen (secondary N) is 1. The second kappa shape index (κ2) is 12.0. The number of carbonyl (C=O) groups excluding carboxylic acids is 1. The molecule has 164 valence electrons. The highest BCUT2D eigenvalue weighted by atomic mass is 127. The number of likely N-dealkylation sites (N-methyl/N-ethyl adjacent to an activating group) is 1. The van der Waals surface area contributed by atoms with Gasteiger partial charge in [-0.05, 0) is 40.5 Å². The van der Waals surface area contributed by atoms with E-state index in [1.54, 1.807) is 11.9 Å². The van der Waals surface area contributed by atoms with Gasteiger partial charge in [0.2, 0.25) is 0 Å². The number of morpholine rings is 1. The Bertz CT molecular complexity index is 507. The first-order chi connectivity index (χ1) is 12.8. The van der Waals surface area contributed by atoms with Crippen molar-refractivity contribution in [3.63, 3.8) is 0 Å². The molecule has 0 aromatic carbocycles. The second-order valence-corrected chi connectivity index (χ2v) is 7.94. The van der Waals surface area contributed by atoms with Crippen LogP contribution in [0.3, 0.4) is 0 Å². The van der Waals surface area contributed by atoms with E-state index in [-0.39, 0.29) is 42.3 Å². The predicted octanol–water partition coefficient (Wildman–Crippen LogP) is 2.32. The standard InChI is InChI=1S/C19H36N4O4.HI/c1-6-22(18(24)27-19(2,3)4)10-9-21-17(20-5)23-11-13-26-16(14-23)15-8-7-12-25-15;/h15-16H,6-14H2,1-5H3,(H,20,21);1H. The number of hydrogen-bond acceptors (Lipinski definition) is 5. The lowest BCUT2D eigenvalue weighted by molar-refractivity contribution is -0.0817. The molecule has 2 aliphatic rings. The molecule has 2 saturated heterocycles. The summed E-state index contributed by atoms with van der Waals surface area (Å²) >= 11 is 0. The van der Waals surface area contributed by atoms with Crippen molar-refractivity contribution in [1.82, 2.24) is 15.1 Å². The van der Waals surface area contributed by atoms with Crippen molar-refractivity contribution in [3.05, 3.63) is 0 Å². The average Bonchev–Trinajstić information content (AvgIpc) is 3.15. The minimum Gasteiger partial charge on any atom is -0.444 e. The van der Waals surface area contributed by atoms with Gasteiger partial charge in [-0.1, -0.05) is 0 Å². The molecule has 1 amide bonds. The van der Waals surface area contributed by atoms with Gasteiger partial charge in [0.1, 0.15) is 11.7 Å². The van der Waals surface area contributed by atoms with Crippen molar-refractivity contribution < 1.29 is 19.0 Å². The zero-order valence-corrected chi connectivity index (χ0v) is 20.2. The lowest BCUT2D eigenvalue weighted by Crippen LogP contribution is -2.54. The van der Waals surface area contributed by atoms with Crippen LogP contribution in [-0.4, -0.2) is 92.6 Å². The maximum absolute atomic E-state index is 12.2. The summed E-state index contributed by atoms with van der Waals surface area (Å²) < 4.78 is 17.1. The molecular formula is C19H37IN4O4. The Morgan fingerprint density at radius 3 is 2.57 bits per heavy atom. The minimum atomic E-state index is -0.487. The van der Waals surface area contributed by atoms with E-state index in [9.17, 15) is 4.79 Å². The molecule has 0 aromatic heterocycles. The lowest BCUT2D eigenvalue weighted by Gasteiger charge is -2.37. The maximum atomic E-state index is 12.2. The van der Waals surface area contributed by atoms with Crippen LogP contribution in [0.15, 0.2) is 4.99 Å². The fraction of sp³-hybridized carbons (Fsp3) is 0.895. The summed E-state index contributed by atoms with van der Waals surface area (Å²) in [5.74, 6) is 0.835. The van der Waals surface area contributed by atoms with Crippen LogP contribution in [0, 0.1) is 0 Å². The Hall–Kier alpha value is -0.810. The van der Waals surface area contributed by atoms with Crippen LogP contribution in [0.25, 0.3) is 0 Å². The monoisotopic (exact) mass is 512 g/mol. The van der Waals surface area contributed by atoms with E-state index in [4.69, 9.17) is 14.2 Å². The Balaban J connectivity index is 0.00000392. The van der Waals surface area contributed by atoms with Crippen LogP contribution in [-0.2, 0) is 14.2 Å². The van der Waals surface area contributed by atoms with Gasteiger partial charge in [0, 0.05) is 46.4 Å². The Kier molecular flexibility index (Phi) is 10.8. The van der Waals surface area contributed by atoms with Crippen molar-refractivity contribution in [2.24, 2.45) is 4.99 Å². The van der Waals surface area contributed by atoms with E-state index in [0.717, 1.165) is 38.5 Å². The third kappa shape index (κ3) is 7.90. The molecule has 2 atom stereocenters. The van der Waals surface area contributed by atoms with E-state index in [2.05, 4.69) is 15.2 Å². The highest BCUT2D eigenvalue weighted by molar-refractivity contribution is 14.0. The van der Waals surface area contributed by atoms with Crippen LogP contribution in [0.1, 0.15) is 40.5 Å². The first kappa shape index (κ1) is 25.2. The summed E-state index contributed by atoms with van der Waals surface area (Å²) in [5, 5.41) is 3.36. The fourth-order valence-corrected chi connectivity index (χ4v) is 3.33. The number of amides is 1. The molecule has 2 rings (SSSR count). The summed E-state index contributed by atoms with van der Waals surface area (Å²) in [6.45, 7) is 12.4. The fourth-order valence-electron chi connectivity index (χ4n) is 3.33. The smallest absolute Gasteiger partial charge is 0.410 e. The molecule has 0 bridgehead atoms. The van der Waals surface area contributed by atoms with Crippen LogP contribution < -0.4 is 5.32 Å². The summed E-state index contributed by atoms with van der Waals surface area (Å²) in [4.78, 5) is 20.5. The summed E-state index contributed by atoms with van der Waals surface area (Å²) in [6.07, 6.45) is 2.16. The van der Waals surface area contributed by atoms with Gasteiger partial charge in [0.05, 0.1) is 12.7 Å². The molecule has 8 nitrogen and oxygen atoms in total. The average molecular weight is 512 g/mol. The molecule has 0 spiro atoms. The van der Waals surface area contributed by atoms with Gasteiger partial charge >= 0.3 is 6.09 Å². The van der Waals surface area contributed by atoms with E-state index < -0.39 is 5.60 Å². The molecular weight excluding hydrogens is 475 g/mol. The van der Waals surface area contributed by atoms with Gasteiger partial charge in [-0.3, -0.25) is 4.99 Å². The third-order valence-corrected chi connectivity index (χ3v) is 4.68. The van der Waals surface area contributed by atoms with Crippen molar-refractivity contribution in [2.75, 3.05) is 53.0 Å². The molecule has 0 aliphatic carbocycles. The van der Waals surface area contributed by atoms with E-state index >= 15 is 0 Å². The molecule has 2 unspecified atom stereocenters. The Morgan fingerprint density at radius 2 is 2.00 bits per heavy atom. The summed E-state index contributed by atoms with van der Waals surface area (Å²) in [6, 6.07) is 0. The molecule has 2 fully saturated rings. The van der Waals surface area contributed by atoms with Crippen LogP contribution in [0.4, 0.5) is 4.79 Å². The van der Waals surface area contributed by atoms with Crippen molar-refractivity contribution in [1.29, 1.82) is 0 Å². The topological polar surface area (TPSA) is 75.6 Å². The summed E-state index contributed by atoms with van der Waals surface area (Å²) in [7, 11) is 1.78. The predicted molar refractivity (Wildman–Crippen MR) is 121 cm³/mol. The number of halogens is 1. The number of guanidine groups is 1. The Morgan fingerprint density at radius 1 is 1.29 bits per heavy atom. The number of rotatable bonds is 5. The van der Waals surface area contributed by atoms with Crippen LogP contribution >= 0.6 is 24.0 Å². The summed E-state index contributed by atoms with van der Waals surface area (Å²) in [5.41, 5.74) is -0.487. The van der Waals surface area contributed by atoms with Crippen LogP contribution in [0.5, 0.6) is 0 Å². The van der Waals surface area contributed by atoms with E-state index in [1.807, 2.05) is 27.7 Å². The molecule has 1 N–H and O–H groups in total. The van der Waals surface area contributed by atoms with E-state index in [0.29, 0.717) is 26.2 Å². The SMILES string of the molecule is CCN(CCNC(=NC)N1CCOC(C2CCCO2)C1)C(=O)OC(C)(C)C.I. The van der Waals surface area contributed by atoms with E-state index in [1.165, 1.54) is 0 Å². The largest absolute Gasteiger partial charge is 0.444 e. The van der Waals surface area contributed by atoms with Crippen LogP contribution in [0.2, 0.25) is 0 Å². The first-order valence-corrected chi connectivity index (χ1v) is 10.0. The first-order valence-electron chi connectivity index (χ1n) is 10.0. The zero-order valence-electron chi connectivity index (χ0n) is 17.9. The lowest BCUT2D eigenvalue weighted by atomic mass is 10.1. The molecule has 2 aliphatic heterocycles. The normalized spacial score (nSPS) is 23.2. The van der Waals surface area contributed by atoms with Gasteiger partial charge < -0.3 is 29.3 Å². The molecule has 28 heavy (non-hydrogen) atoms. The molecule has 0 aromatic rings. The minimum absolute atomic E-state index is 0.